The van der Waals surface area contributed by atoms with Crippen LogP contribution in [0, 0.1) is 5.41 Å². The van der Waals surface area contributed by atoms with E-state index < -0.39 is 5.41 Å². The maximum atomic E-state index is 8.75. The molecule has 0 unspecified atom stereocenters. The van der Waals surface area contributed by atoms with Gasteiger partial charge in [0.15, 0.2) is 0 Å². The highest BCUT2D eigenvalue weighted by Gasteiger charge is 2.33. The minimum atomic E-state index is -0.768. The van der Waals surface area contributed by atoms with E-state index in [1.807, 2.05) is 0 Å². The third-order valence-electron chi connectivity index (χ3n) is 3.24. The quantitative estimate of drug-likeness (QED) is 0.0976. The van der Waals surface area contributed by atoms with Crippen LogP contribution in [0.15, 0.2) is 0 Å². The van der Waals surface area contributed by atoms with Gasteiger partial charge in [0.05, 0.1) is 84.7 Å². The molecule has 12 nitrogen and oxygen atoms in total. The Hall–Kier alpha value is -0.480. The summed E-state index contributed by atoms with van der Waals surface area (Å²) in [6, 6.07) is 0. The Balaban J connectivity index is 4.69. The lowest BCUT2D eigenvalue weighted by molar-refractivity contribution is -0.185. The first-order valence-electron chi connectivity index (χ1n) is 9.30. The minimum absolute atomic E-state index is 0.0364. The second-order valence-electron chi connectivity index (χ2n) is 5.89. The van der Waals surface area contributed by atoms with Crippen molar-refractivity contribution in [3.63, 3.8) is 0 Å². The standard InChI is InChI=1S/C17H36O12/c18-1-5-22-13-26-9-17(10-27-14-23-6-2-19,11-28-15-24-7-3-20)12-29-16-25-8-4-21/h18-21H,1-16H2. The lowest BCUT2D eigenvalue weighted by atomic mass is 9.92. The van der Waals surface area contributed by atoms with Gasteiger partial charge >= 0.3 is 0 Å². The molecule has 0 fully saturated rings. The van der Waals surface area contributed by atoms with Crippen LogP contribution in [0.3, 0.4) is 0 Å². The van der Waals surface area contributed by atoms with Gasteiger partial charge in [-0.1, -0.05) is 0 Å². The summed E-state index contributed by atoms with van der Waals surface area (Å²) in [7, 11) is 0. The summed E-state index contributed by atoms with van der Waals surface area (Å²) in [6.45, 7) is 0.538. The van der Waals surface area contributed by atoms with Crippen LogP contribution in [0.25, 0.3) is 0 Å². The summed E-state index contributed by atoms with van der Waals surface area (Å²) in [6.07, 6.45) is 0. The normalized spacial score (nSPS) is 12.0. The Morgan fingerprint density at radius 3 is 0.828 bits per heavy atom. The van der Waals surface area contributed by atoms with Crippen molar-refractivity contribution in [3.05, 3.63) is 0 Å². The molecule has 0 aliphatic rings. The van der Waals surface area contributed by atoms with Gasteiger partial charge in [0.2, 0.25) is 0 Å². The molecule has 12 heteroatoms. The smallest absolute Gasteiger partial charge is 0.146 e. The fourth-order valence-electron chi connectivity index (χ4n) is 2.01. The van der Waals surface area contributed by atoms with E-state index in [4.69, 9.17) is 58.3 Å². The molecule has 0 aromatic heterocycles. The van der Waals surface area contributed by atoms with Gasteiger partial charge in [0.1, 0.15) is 27.2 Å². The second-order valence-corrected chi connectivity index (χ2v) is 5.89. The van der Waals surface area contributed by atoms with Crippen molar-refractivity contribution >= 4 is 0 Å². The van der Waals surface area contributed by atoms with Crippen LogP contribution in [-0.2, 0) is 37.9 Å². The van der Waals surface area contributed by atoms with Crippen LogP contribution in [0.1, 0.15) is 0 Å². The number of aliphatic hydroxyl groups excluding tert-OH is 4. The van der Waals surface area contributed by atoms with E-state index in [-0.39, 0.29) is 106 Å². The molecule has 0 aliphatic heterocycles. The van der Waals surface area contributed by atoms with Crippen molar-refractivity contribution in [3.8, 4) is 0 Å². The lowest BCUT2D eigenvalue weighted by Crippen LogP contribution is -2.42. The average molecular weight is 432 g/mol. The zero-order chi connectivity index (χ0) is 21.5. The molecule has 0 aromatic carbocycles. The van der Waals surface area contributed by atoms with E-state index in [0.717, 1.165) is 0 Å². The molecule has 176 valence electrons. The summed E-state index contributed by atoms with van der Waals surface area (Å²) in [5.74, 6) is 0. The van der Waals surface area contributed by atoms with E-state index in [9.17, 15) is 0 Å². The molecule has 0 saturated carbocycles. The third-order valence-corrected chi connectivity index (χ3v) is 3.24. The van der Waals surface area contributed by atoms with E-state index in [2.05, 4.69) is 0 Å². The SMILES string of the molecule is OCCOCOCC(COCOCCO)(COCOCCO)COCOCCO. The first kappa shape index (κ1) is 28.5. The van der Waals surface area contributed by atoms with Crippen LogP contribution in [0.2, 0.25) is 0 Å². The van der Waals surface area contributed by atoms with Gasteiger partial charge in [-0.05, 0) is 0 Å². The number of hydrogen-bond donors (Lipinski definition) is 4. The van der Waals surface area contributed by atoms with Crippen LogP contribution in [0.4, 0.5) is 0 Å². The molecule has 0 bridgehead atoms. The summed E-state index contributed by atoms with van der Waals surface area (Å²) < 4.78 is 42.5. The summed E-state index contributed by atoms with van der Waals surface area (Å²) >= 11 is 0. The molecule has 4 N–H and O–H groups in total. The molecule has 0 spiro atoms. The zero-order valence-electron chi connectivity index (χ0n) is 16.9. The maximum absolute atomic E-state index is 8.75. The monoisotopic (exact) mass is 432 g/mol. The molecule has 29 heavy (non-hydrogen) atoms. The number of rotatable bonds is 24. The zero-order valence-corrected chi connectivity index (χ0v) is 16.9. The van der Waals surface area contributed by atoms with E-state index in [1.54, 1.807) is 0 Å². The lowest BCUT2D eigenvalue weighted by Gasteiger charge is -2.32. The highest BCUT2D eigenvalue weighted by Crippen LogP contribution is 2.21. The van der Waals surface area contributed by atoms with Crippen molar-refractivity contribution < 1.29 is 58.3 Å². The Morgan fingerprint density at radius 2 is 0.621 bits per heavy atom. The summed E-state index contributed by atoms with van der Waals surface area (Å²) in [5.41, 5.74) is -0.768. The van der Waals surface area contributed by atoms with E-state index >= 15 is 0 Å². The predicted octanol–water partition coefficient (Wildman–Crippen LogP) is -2.10. The first-order chi connectivity index (χ1) is 14.2. The van der Waals surface area contributed by atoms with Crippen LogP contribution < -0.4 is 0 Å². The molecular weight excluding hydrogens is 396 g/mol. The van der Waals surface area contributed by atoms with Gasteiger partial charge in [-0.15, -0.1) is 0 Å². The Morgan fingerprint density at radius 1 is 0.379 bits per heavy atom. The molecule has 0 atom stereocenters. The number of aliphatic hydroxyl groups is 4. The fraction of sp³-hybridized carbons (Fsp3) is 1.00. The van der Waals surface area contributed by atoms with Crippen molar-refractivity contribution in [2.24, 2.45) is 5.41 Å². The summed E-state index contributed by atoms with van der Waals surface area (Å²) in [5, 5.41) is 35.0. The van der Waals surface area contributed by atoms with Gasteiger partial charge < -0.3 is 58.3 Å². The predicted molar refractivity (Wildman–Crippen MR) is 97.9 cm³/mol. The number of hydrogen-bond acceptors (Lipinski definition) is 12. The molecule has 0 amide bonds. The fourth-order valence-corrected chi connectivity index (χ4v) is 2.01. The molecule has 0 radical (unpaired) electrons. The Kier molecular flexibility index (Phi) is 21.8. The Labute approximate surface area is 171 Å². The van der Waals surface area contributed by atoms with Gasteiger partial charge in [-0.25, -0.2) is 0 Å². The van der Waals surface area contributed by atoms with E-state index in [0.29, 0.717) is 0 Å². The molecule has 0 saturated heterocycles. The number of ether oxygens (including phenoxy) is 8. The minimum Gasteiger partial charge on any atom is -0.394 e. The van der Waals surface area contributed by atoms with Gasteiger partial charge in [-0.2, -0.15) is 0 Å². The first-order valence-corrected chi connectivity index (χ1v) is 9.30. The molecule has 0 heterocycles. The topological polar surface area (TPSA) is 155 Å². The van der Waals surface area contributed by atoms with Crippen LogP contribution in [0.5, 0.6) is 0 Å². The second kappa shape index (κ2) is 22.2. The molecule has 0 rings (SSSR count). The average Bonchev–Trinajstić information content (AvgIpc) is 2.73. The van der Waals surface area contributed by atoms with Gasteiger partial charge in [0, 0.05) is 0 Å². The van der Waals surface area contributed by atoms with Crippen molar-refractivity contribution in [2.75, 3.05) is 106 Å². The van der Waals surface area contributed by atoms with Crippen LogP contribution in [-0.4, -0.2) is 127 Å². The van der Waals surface area contributed by atoms with Crippen molar-refractivity contribution in [1.82, 2.24) is 0 Å². The third kappa shape index (κ3) is 18.0. The largest absolute Gasteiger partial charge is 0.394 e. The van der Waals surface area contributed by atoms with Gasteiger partial charge in [-0.3, -0.25) is 0 Å². The maximum Gasteiger partial charge on any atom is 0.146 e. The molecular formula is C17H36O12. The molecule has 0 aliphatic carbocycles. The van der Waals surface area contributed by atoms with Crippen molar-refractivity contribution in [1.29, 1.82) is 0 Å². The van der Waals surface area contributed by atoms with Crippen molar-refractivity contribution in [2.45, 2.75) is 0 Å². The van der Waals surface area contributed by atoms with E-state index in [1.165, 1.54) is 0 Å². The van der Waals surface area contributed by atoms with Gasteiger partial charge in [0.25, 0.3) is 0 Å². The Bertz CT molecular complexity index is 259. The summed E-state index contributed by atoms with van der Waals surface area (Å²) in [4.78, 5) is 0. The highest BCUT2D eigenvalue weighted by atomic mass is 16.7. The highest BCUT2D eigenvalue weighted by molar-refractivity contribution is 4.79. The van der Waals surface area contributed by atoms with Crippen LogP contribution >= 0.6 is 0 Å². The molecule has 0 aromatic rings.